The zero-order valence-corrected chi connectivity index (χ0v) is 17.8. The molecule has 0 heterocycles. The van der Waals surface area contributed by atoms with Crippen molar-refractivity contribution in [1.29, 1.82) is 0 Å². The Hall–Kier alpha value is -0.0597. The average Bonchev–Trinajstić information content (AvgIpc) is 3.03. The van der Waals surface area contributed by atoms with Gasteiger partial charge in [0.2, 0.25) is 0 Å². The second-order valence-electron chi connectivity index (χ2n) is 5.37. The van der Waals surface area contributed by atoms with Gasteiger partial charge in [-0.1, -0.05) is 0 Å². The van der Waals surface area contributed by atoms with Gasteiger partial charge in [-0.15, -0.1) is 0 Å². The van der Waals surface area contributed by atoms with Crippen LogP contribution in [0.4, 0.5) is 0 Å². The van der Waals surface area contributed by atoms with Crippen LogP contribution in [0.1, 0.15) is 47.5 Å². The number of hydrogen-bond donors (Lipinski definition) is 0. The first-order valence-corrected chi connectivity index (χ1v) is 14.8. The van der Waals surface area contributed by atoms with Crippen molar-refractivity contribution in [3.63, 3.8) is 0 Å². The van der Waals surface area contributed by atoms with Crippen molar-refractivity contribution in [2.45, 2.75) is 51.6 Å². The van der Waals surface area contributed by atoms with Crippen LogP contribution in [-0.4, -0.2) is 39.3 Å². The normalized spacial score (nSPS) is 15.6. The van der Waals surface area contributed by atoms with E-state index in [1.165, 1.54) is 12.8 Å². The Morgan fingerprint density at radius 3 is 1.71 bits per heavy atom. The third-order valence-corrected chi connectivity index (χ3v) is 20.6. The Morgan fingerprint density at radius 1 is 0.857 bits per heavy atom. The summed E-state index contributed by atoms with van der Waals surface area (Å²) in [5.41, 5.74) is 0. The maximum atomic E-state index is 5.48. The van der Waals surface area contributed by atoms with E-state index in [9.17, 15) is 0 Å². The van der Waals surface area contributed by atoms with E-state index in [0.29, 0.717) is 4.14 Å². The number of unbranched alkanes of at least 4 members (excludes halogenated alkanes) is 1. The molecule has 0 aromatic carbocycles. The van der Waals surface area contributed by atoms with E-state index < -0.39 is 17.5 Å². The van der Waals surface area contributed by atoms with Crippen molar-refractivity contribution < 1.29 is 17.5 Å². The molecule has 0 unspecified atom stereocenters. The van der Waals surface area contributed by atoms with E-state index in [-0.39, 0.29) is 0 Å². The van der Waals surface area contributed by atoms with Gasteiger partial charge in [-0.2, -0.15) is 0 Å². The van der Waals surface area contributed by atoms with E-state index in [2.05, 4.69) is 65.5 Å². The van der Waals surface area contributed by atoms with Gasteiger partial charge in [-0.05, 0) is 0 Å². The summed E-state index contributed by atoms with van der Waals surface area (Å²) in [5, 5.41) is 0. The van der Waals surface area contributed by atoms with Crippen LogP contribution in [0.25, 0.3) is 0 Å². The number of hydrogen-bond acceptors (Lipinski definition) is 1. The molecule has 0 spiro atoms. The van der Waals surface area contributed by atoms with Gasteiger partial charge in [-0.25, -0.2) is 0 Å². The Morgan fingerprint density at radius 2 is 1.33 bits per heavy atom. The molecule has 1 aliphatic rings. The van der Waals surface area contributed by atoms with Gasteiger partial charge >= 0.3 is 136 Å². The predicted octanol–water partition coefficient (Wildman–Crippen LogP) is 4.55. The average molecular weight is 461 g/mol. The topological polar surface area (TPSA) is 18.8 Å². The molecule has 0 saturated carbocycles. The quantitative estimate of drug-likeness (QED) is 0.445. The molecular weight excluding hydrogens is 427 g/mol. The molecule has 0 bridgehead atoms. The fourth-order valence-electron chi connectivity index (χ4n) is 3.14. The van der Waals surface area contributed by atoms with Crippen LogP contribution in [0.2, 0.25) is 4.14 Å². The van der Waals surface area contributed by atoms with Crippen molar-refractivity contribution in [3.8, 4) is 0 Å². The molecule has 21 heavy (non-hydrogen) atoms. The number of nitrogens with zero attached hydrogens (tertiary/aromatic N) is 3. The number of rotatable bonds is 10. The van der Waals surface area contributed by atoms with E-state index in [1.807, 2.05) is 0 Å². The van der Waals surface area contributed by atoms with Crippen LogP contribution in [0.15, 0.2) is 27.6 Å². The molecule has 0 radical (unpaired) electrons. The molecule has 0 aromatic heterocycles. The first-order chi connectivity index (χ1) is 10.2. The SMILES string of the molecule is CCCC[N]=[Ta]([CH]1C=CC=C1)([N](CC)CC)[N](CC)CC. The molecular formula is C17H34N3Ta. The van der Waals surface area contributed by atoms with Crippen LogP contribution >= 0.6 is 0 Å². The molecule has 0 fully saturated rings. The fraction of sp³-hybridized carbons (Fsp3) is 0.765. The van der Waals surface area contributed by atoms with Gasteiger partial charge in [0, 0.05) is 0 Å². The van der Waals surface area contributed by atoms with E-state index in [4.69, 9.17) is 3.34 Å². The van der Waals surface area contributed by atoms with Gasteiger partial charge < -0.3 is 0 Å². The Bertz CT molecular complexity index is 365. The van der Waals surface area contributed by atoms with E-state index >= 15 is 0 Å². The molecule has 0 N–H and O–H groups in total. The van der Waals surface area contributed by atoms with Crippen molar-refractivity contribution in [3.05, 3.63) is 24.3 Å². The van der Waals surface area contributed by atoms with Gasteiger partial charge in [-0.3, -0.25) is 0 Å². The van der Waals surface area contributed by atoms with Gasteiger partial charge in [0.25, 0.3) is 0 Å². The zero-order valence-electron chi connectivity index (χ0n) is 14.6. The van der Waals surface area contributed by atoms with Crippen molar-refractivity contribution in [1.82, 2.24) is 6.61 Å². The molecule has 0 saturated heterocycles. The van der Waals surface area contributed by atoms with E-state index in [1.54, 1.807) is 0 Å². The zero-order chi connectivity index (χ0) is 15.7. The molecule has 0 aromatic rings. The summed E-state index contributed by atoms with van der Waals surface area (Å²) in [5.74, 6) is 0. The minimum absolute atomic E-state index is 0.571. The van der Waals surface area contributed by atoms with Crippen LogP contribution in [0, 0.1) is 0 Å². The van der Waals surface area contributed by atoms with Gasteiger partial charge in [0.1, 0.15) is 0 Å². The third-order valence-electron chi connectivity index (χ3n) is 4.24. The second-order valence-corrected chi connectivity index (χ2v) is 17.0. The molecule has 4 heteroatoms. The summed E-state index contributed by atoms with van der Waals surface area (Å²) in [7, 11) is 0. The second kappa shape index (κ2) is 9.86. The molecule has 0 aliphatic heterocycles. The summed E-state index contributed by atoms with van der Waals surface area (Å²) in [4.78, 5) is 0. The molecule has 0 atom stereocenters. The van der Waals surface area contributed by atoms with Crippen LogP contribution < -0.4 is 0 Å². The van der Waals surface area contributed by atoms with Crippen molar-refractivity contribution >= 4 is 0 Å². The molecule has 122 valence electrons. The molecule has 1 aliphatic carbocycles. The first-order valence-electron chi connectivity index (χ1n) is 8.64. The monoisotopic (exact) mass is 461 g/mol. The summed E-state index contributed by atoms with van der Waals surface area (Å²) < 4.78 is 11.5. The standard InChI is InChI=1S/C5H5.2C4H10N.C4H9N.Ta/c1-2-4-5-3-1;2*1-3-5-4-2;1-2-3-4-5;/h1-5H;2*3-4H2,1-2H3;2-4H2,1H3;/q;2*-1;;+2. The van der Waals surface area contributed by atoms with E-state index in [0.717, 1.165) is 32.7 Å². The molecule has 3 nitrogen and oxygen atoms in total. The van der Waals surface area contributed by atoms with Gasteiger partial charge in [0.15, 0.2) is 0 Å². The van der Waals surface area contributed by atoms with Crippen LogP contribution in [-0.2, 0) is 17.5 Å². The molecule has 1 rings (SSSR count). The summed E-state index contributed by atoms with van der Waals surface area (Å²) in [6, 6.07) is 0. The first kappa shape index (κ1) is 19.0. The maximum absolute atomic E-state index is 5.48. The Labute approximate surface area is 136 Å². The number of allylic oxidation sites excluding steroid dienone is 4. The van der Waals surface area contributed by atoms with Crippen molar-refractivity contribution in [2.24, 2.45) is 3.34 Å². The Kier molecular flexibility index (Phi) is 8.91. The van der Waals surface area contributed by atoms with Crippen LogP contribution in [0.3, 0.4) is 0 Å². The summed E-state index contributed by atoms with van der Waals surface area (Å²) in [6.07, 6.45) is 11.7. The van der Waals surface area contributed by atoms with Gasteiger partial charge in [0.05, 0.1) is 0 Å². The minimum atomic E-state index is -3.04. The van der Waals surface area contributed by atoms with Crippen molar-refractivity contribution in [2.75, 3.05) is 32.7 Å². The Balaban J connectivity index is 3.34. The third kappa shape index (κ3) is 4.23. The molecule has 0 amide bonds. The fourth-order valence-corrected chi connectivity index (χ4v) is 19.0. The van der Waals surface area contributed by atoms with Crippen LogP contribution in [0.5, 0.6) is 0 Å². The predicted molar refractivity (Wildman–Crippen MR) is 90.1 cm³/mol. The summed E-state index contributed by atoms with van der Waals surface area (Å²) in [6.45, 7) is 17.0. The summed E-state index contributed by atoms with van der Waals surface area (Å²) >= 11 is -3.04.